The zero-order valence-corrected chi connectivity index (χ0v) is 8.92. The first-order valence-corrected chi connectivity index (χ1v) is 3.89. The Hall–Kier alpha value is -1.50. The second-order valence-electron chi connectivity index (χ2n) is 2.45. The van der Waals surface area contributed by atoms with E-state index in [1.807, 2.05) is 0 Å². The maximum Gasteiger partial charge on any atom is 0.303 e. The second kappa shape index (κ2) is 12.5. The molecule has 8 heteroatoms. The molecule has 0 amide bonds. The maximum absolute atomic E-state index is 9.90. The third kappa shape index (κ3) is 45.6. The van der Waals surface area contributed by atoms with E-state index in [9.17, 15) is 9.59 Å². The van der Waals surface area contributed by atoms with E-state index in [1.54, 1.807) is 0 Å². The van der Waals surface area contributed by atoms with Gasteiger partial charge in [-0.1, -0.05) is 0 Å². The molecule has 0 fully saturated rings. The van der Waals surface area contributed by atoms with Crippen molar-refractivity contribution in [2.75, 3.05) is 0 Å². The smallest absolute Gasteiger partial charge is 0.303 e. The number of nitrogens with one attached hydrogen (secondary N) is 1. The first-order valence-electron chi connectivity index (χ1n) is 3.89. The molecule has 0 heterocycles. The molecule has 90 valence electrons. The molecule has 0 aromatic rings. The topological polar surface area (TPSA) is 150 Å². The molecule has 0 aliphatic carbocycles. The fourth-order valence-electron chi connectivity index (χ4n) is 0.552. The van der Waals surface area contributed by atoms with Crippen molar-refractivity contribution in [1.29, 1.82) is 5.41 Å². The number of unbranched alkanes of at least 4 members (excludes halogenated alkanes) is 1. The predicted octanol–water partition coefficient (Wildman–Crippen LogP) is -0.0236. The summed E-state index contributed by atoms with van der Waals surface area (Å²) >= 11 is 0. The van der Waals surface area contributed by atoms with Crippen molar-refractivity contribution in [3.8, 4) is 0 Å². The van der Waals surface area contributed by atoms with Crippen LogP contribution in [0.4, 0.5) is 0 Å². The lowest BCUT2D eigenvalue weighted by Gasteiger charge is -1.92. The van der Waals surface area contributed by atoms with E-state index in [0.717, 1.165) is 0 Å². The van der Waals surface area contributed by atoms with E-state index in [-0.39, 0.29) is 31.2 Å². The quantitative estimate of drug-likeness (QED) is 0.259. The van der Waals surface area contributed by atoms with Crippen LogP contribution in [0.3, 0.4) is 0 Å². The molecule has 0 aliphatic rings. The number of aliphatic carboxylic acids is 2. The summed E-state index contributed by atoms with van der Waals surface area (Å²) < 4.78 is 0. The van der Waals surface area contributed by atoms with E-state index in [0.29, 0.717) is 12.8 Å². The first-order chi connectivity index (χ1) is 6.36. The monoisotopic (exact) mass is 241 g/mol. The molecule has 0 aromatic carbocycles. The third-order valence-electron chi connectivity index (χ3n) is 1.03. The molecule has 0 atom stereocenters. The van der Waals surface area contributed by atoms with Crippen LogP contribution in [0, 0.1) is 5.41 Å². The molecule has 7 N–H and O–H groups in total. The van der Waals surface area contributed by atoms with Crippen LogP contribution in [0.1, 0.15) is 25.7 Å². The third-order valence-corrected chi connectivity index (χ3v) is 1.03. The molecule has 15 heavy (non-hydrogen) atoms. The van der Waals surface area contributed by atoms with Crippen molar-refractivity contribution in [3.05, 3.63) is 0 Å². The van der Waals surface area contributed by atoms with Gasteiger partial charge in [0.15, 0.2) is 5.96 Å². The summed E-state index contributed by atoms with van der Waals surface area (Å²) in [6.07, 6.45) is 1.02. The highest BCUT2D eigenvalue weighted by Gasteiger charge is 1.99. The highest BCUT2D eigenvalue weighted by molar-refractivity contribution is 5.85. The second-order valence-corrected chi connectivity index (χ2v) is 2.45. The highest BCUT2D eigenvalue weighted by Crippen LogP contribution is 1.98. The fraction of sp³-hybridized carbons (Fsp3) is 0.571. The summed E-state index contributed by atoms with van der Waals surface area (Å²) in [6.45, 7) is 0. The maximum atomic E-state index is 9.90. The number of carboxylic acids is 2. The molecule has 7 nitrogen and oxygen atoms in total. The molecule has 0 spiro atoms. The number of nitrogens with two attached hydrogens (primary N) is 2. The summed E-state index contributed by atoms with van der Waals surface area (Å²) in [5, 5.41) is 22.3. The standard InChI is InChI=1S/C6H10O4.CH5N3.ClH/c7-5(8)3-1-2-4-6(9)10;2-1(3)4;/h1-4H2,(H,7,8)(H,9,10);(H5,2,3,4);1H. The number of carboxylic acid groups (broad SMARTS) is 2. The van der Waals surface area contributed by atoms with E-state index < -0.39 is 11.9 Å². The van der Waals surface area contributed by atoms with Gasteiger partial charge in [-0.2, -0.15) is 0 Å². The van der Waals surface area contributed by atoms with Crippen molar-refractivity contribution in [1.82, 2.24) is 0 Å². The molecular formula is C7H16ClN3O4. The van der Waals surface area contributed by atoms with E-state index in [2.05, 4.69) is 11.5 Å². The van der Waals surface area contributed by atoms with Crippen molar-refractivity contribution in [3.63, 3.8) is 0 Å². The average molecular weight is 242 g/mol. The zero-order valence-electron chi connectivity index (χ0n) is 8.10. The Morgan fingerprint density at radius 2 is 1.20 bits per heavy atom. The van der Waals surface area contributed by atoms with Gasteiger partial charge in [-0.3, -0.25) is 15.0 Å². The summed E-state index contributed by atoms with van der Waals surface area (Å²) in [6, 6.07) is 0. The summed E-state index contributed by atoms with van der Waals surface area (Å²) in [5.74, 6) is -2.07. The SMILES string of the molecule is Cl.N=C(N)N.O=C(O)CCCCC(=O)O. The van der Waals surface area contributed by atoms with Crippen LogP contribution in [-0.2, 0) is 9.59 Å². The number of hydrogen-bond donors (Lipinski definition) is 5. The van der Waals surface area contributed by atoms with Crippen LogP contribution in [0.15, 0.2) is 0 Å². The van der Waals surface area contributed by atoms with Crippen LogP contribution in [0.2, 0.25) is 0 Å². The minimum atomic E-state index is -0.870. The van der Waals surface area contributed by atoms with Crippen LogP contribution < -0.4 is 11.5 Å². The van der Waals surface area contributed by atoms with Gasteiger partial charge >= 0.3 is 11.9 Å². The Kier molecular flexibility index (Phi) is 15.9. The lowest BCUT2D eigenvalue weighted by molar-refractivity contribution is -0.139. The van der Waals surface area contributed by atoms with Gasteiger partial charge in [-0.05, 0) is 12.8 Å². The summed E-state index contributed by atoms with van der Waals surface area (Å²) in [7, 11) is 0. The number of hydrogen-bond acceptors (Lipinski definition) is 3. The Bertz CT molecular complexity index is 190. The molecular weight excluding hydrogens is 226 g/mol. The van der Waals surface area contributed by atoms with Crippen molar-refractivity contribution < 1.29 is 19.8 Å². The van der Waals surface area contributed by atoms with Gasteiger partial charge in [0, 0.05) is 12.8 Å². The van der Waals surface area contributed by atoms with Gasteiger partial charge in [-0.25, -0.2) is 0 Å². The Labute approximate surface area is 93.4 Å². The minimum Gasteiger partial charge on any atom is -0.481 e. The Morgan fingerprint density at radius 3 is 1.33 bits per heavy atom. The number of carbonyl (C=O) groups is 2. The molecule has 0 radical (unpaired) electrons. The predicted molar refractivity (Wildman–Crippen MR) is 57.1 cm³/mol. The van der Waals surface area contributed by atoms with Crippen LogP contribution in [0.25, 0.3) is 0 Å². The number of rotatable bonds is 5. The summed E-state index contributed by atoms with van der Waals surface area (Å²) in [4.78, 5) is 19.8. The van der Waals surface area contributed by atoms with Crippen LogP contribution in [-0.4, -0.2) is 28.1 Å². The van der Waals surface area contributed by atoms with Crippen molar-refractivity contribution in [2.45, 2.75) is 25.7 Å². The van der Waals surface area contributed by atoms with Crippen LogP contribution >= 0.6 is 12.4 Å². The summed E-state index contributed by atoms with van der Waals surface area (Å²) in [5.41, 5.74) is 8.94. The Morgan fingerprint density at radius 1 is 1.00 bits per heavy atom. The van der Waals surface area contributed by atoms with E-state index in [1.165, 1.54) is 0 Å². The average Bonchev–Trinajstić information content (AvgIpc) is 1.96. The largest absolute Gasteiger partial charge is 0.481 e. The number of guanidine groups is 1. The molecule has 0 bridgehead atoms. The van der Waals surface area contributed by atoms with Crippen LogP contribution in [0.5, 0.6) is 0 Å². The lowest BCUT2D eigenvalue weighted by Crippen LogP contribution is -2.20. The molecule has 0 rings (SSSR count). The van der Waals surface area contributed by atoms with Gasteiger partial charge in [-0.15, -0.1) is 12.4 Å². The molecule has 0 saturated heterocycles. The molecule has 0 unspecified atom stereocenters. The molecule has 0 aliphatic heterocycles. The normalized spacial score (nSPS) is 7.73. The van der Waals surface area contributed by atoms with Crippen molar-refractivity contribution >= 4 is 30.3 Å². The Balaban J connectivity index is -0.000000249. The first kappa shape index (κ1) is 19.1. The van der Waals surface area contributed by atoms with Gasteiger partial charge in [0.1, 0.15) is 0 Å². The minimum absolute atomic E-state index is 0. The van der Waals surface area contributed by atoms with Gasteiger partial charge in [0.05, 0.1) is 0 Å². The van der Waals surface area contributed by atoms with Gasteiger partial charge < -0.3 is 21.7 Å². The van der Waals surface area contributed by atoms with E-state index in [4.69, 9.17) is 15.6 Å². The lowest BCUT2D eigenvalue weighted by atomic mass is 10.2. The molecule has 0 saturated carbocycles. The van der Waals surface area contributed by atoms with E-state index >= 15 is 0 Å². The van der Waals surface area contributed by atoms with Gasteiger partial charge in [0.25, 0.3) is 0 Å². The highest BCUT2D eigenvalue weighted by atomic mass is 35.5. The zero-order chi connectivity index (χ0) is 11.6. The van der Waals surface area contributed by atoms with Crippen molar-refractivity contribution in [2.24, 2.45) is 11.5 Å². The van der Waals surface area contributed by atoms with Gasteiger partial charge in [0.2, 0.25) is 0 Å². The number of halogens is 1. The molecule has 0 aromatic heterocycles. The fourth-order valence-corrected chi connectivity index (χ4v) is 0.552.